The molecule has 15 heavy (non-hydrogen) atoms. The number of hydrogen-bond donors (Lipinski definition) is 1. The molecule has 0 amide bonds. The maximum Gasteiger partial charge on any atom is 0.132 e. The van der Waals surface area contributed by atoms with Crippen molar-refractivity contribution in [3.8, 4) is 0 Å². The van der Waals surface area contributed by atoms with E-state index in [1.807, 2.05) is 0 Å². The van der Waals surface area contributed by atoms with Gasteiger partial charge < -0.3 is 0 Å². The summed E-state index contributed by atoms with van der Waals surface area (Å²) in [6.45, 7) is 0. The molecule has 0 radical (unpaired) electrons. The second-order valence-electron chi connectivity index (χ2n) is 3.07. The van der Waals surface area contributed by atoms with Crippen molar-refractivity contribution in [2.75, 3.05) is 0 Å². The van der Waals surface area contributed by atoms with Gasteiger partial charge in [0.2, 0.25) is 0 Å². The summed E-state index contributed by atoms with van der Waals surface area (Å²) in [5, 5.41) is 5.31. The van der Waals surface area contributed by atoms with Crippen LogP contribution in [0.15, 0.2) is 33.9 Å². The molecule has 2 aromatic carbocycles. The minimum Gasteiger partial charge on any atom is -0.206 e. The fourth-order valence-corrected chi connectivity index (χ4v) is 2.80. The summed E-state index contributed by atoms with van der Waals surface area (Å²) in [7, 11) is 2.49. The van der Waals surface area contributed by atoms with E-state index in [2.05, 4.69) is 30.3 Å². The lowest BCUT2D eigenvalue weighted by atomic mass is 10.1. The second-order valence-corrected chi connectivity index (χ2v) is 4.55. The predicted octanol–water partition coefficient (Wildman–Crippen LogP) is 3.90. The van der Waals surface area contributed by atoms with E-state index in [-0.39, 0.29) is 5.82 Å². The van der Waals surface area contributed by atoms with Crippen LogP contribution in [0, 0.1) is 11.3 Å². The molecule has 0 aliphatic heterocycles. The van der Waals surface area contributed by atoms with E-state index in [1.54, 1.807) is 18.2 Å². The first-order valence-corrected chi connectivity index (χ1v) is 5.56. The minimum atomic E-state index is -0.311. The maximum atomic E-state index is 13.6. The van der Waals surface area contributed by atoms with Gasteiger partial charge in [0.25, 0.3) is 0 Å². The molecule has 0 saturated carbocycles. The zero-order valence-electron chi connectivity index (χ0n) is 7.59. The highest BCUT2D eigenvalue weighted by atomic mass is 79.9. The Balaban J connectivity index is 3.03. The van der Waals surface area contributed by atoms with Gasteiger partial charge >= 0.3 is 0 Å². The lowest BCUT2D eigenvalue weighted by Gasteiger charge is -2.07. The summed E-state index contributed by atoms with van der Waals surface area (Å²) >= 11 is 3.31. The molecule has 0 aliphatic rings. The number of rotatable bonds is 1. The van der Waals surface area contributed by atoms with E-state index in [0.29, 0.717) is 20.9 Å². The molecule has 2 aromatic rings. The third-order valence-corrected chi connectivity index (χ3v) is 3.24. The molecule has 0 saturated heterocycles. The van der Waals surface area contributed by atoms with Crippen LogP contribution in [0.3, 0.4) is 0 Å². The number of nitrogens with one attached hydrogen (secondary N) is 1. The van der Waals surface area contributed by atoms with Gasteiger partial charge in [0.05, 0.1) is 0 Å². The van der Waals surface area contributed by atoms with E-state index in [1.165, 1.54) is 6.07 Å². The molecule has 0 fully saturated rings. The van der Waals surface area contributed by atoms with Crippen LogP contribution in [0.1, 0.15) is 0 Å². The Kier molecular flexibility index (Phi) is 2.81. The number of hydrogen-bond acceptors (Lipinski definition) is 2. The van der Waals surface area contributed by atoms with Gasteiger partial charge in [0, 0.05) is 15.2 Å². The van der Waals surface area contributed by atoms with Gasteiger partial charge in [-0.15, -0.1) is 9.24 Å². The largest absolute Gasteiger partial charge is 0.206 e. The fraction of sp³-hybridized carbons (Fsp3) is 0. The number of fused-ring (bicyclic) bond motifs is 1. The summed E-state index contributed by atoms with van der Waals surface area (Å²) in [5.74, 6) is -0.311. The van der Waals surface area contributed by atoms with E-state index in [9.17, 15) is 4.39 Å². The van der Waals surface area contributed by atoms with Crippen LogP contribution in [0.4, 0.5) is 10.1 Å². The number of halogens is 2. The highest BCUT2D eigenvalue weighted by Gasteiger charge is 2.11. The van der Waals surface area contributed by atoms with Gasteiger partial charge in [-0.3, -0.25) is 0 Å². The van der Waals surface area contributed by atoms with Crippen molar-refractivity contribution in [1.29, 1.82) is 5.53 Å². The first-order valence-electron chi connectivity index (χ1n) is 4.19. The Morgan fingerprint density at radius 1 is 1.40 bits per heavy atom. The molecule has 2 rings (SSSR count). The van der Waals surface area contributed by atoms with E-state index in [4.69, 9.17) is 5.53 Å². The topological polar surface area (TPSA) is 36.2 Å². The predicted molar refractivity (Wildman–Crippen MR) is 65.8 cm³/mol. The molecule has 0 aliphatic carbocycles. The molecule has 2 nitrogen and oxygen atoms in total. The normalized spacial score (nSPS) is 10.6. The Bertz CT molecular complexity index is 557. The van der Waals surface area contributed by atoms with Crippen LogP contribution in [-0.2, 0) is 0 Å². The average molecular weight is 285 g/mol. The van der Waals surface area contributed by atoms with Crippen molar-refractivity contribution in [1.82, 2.24) is 0 Å². The summed E-state index contributed by atoms with van der Waals surface area (Å²) in [4.78, 5) is 0. The lowest BCUT2D eigenvalue weighted by Crippen LogP contribution is -1.94. The summed E-state index contributed by atoms with van der Waals surface area (Å²) in [5.41, 5.74) is 7.57. The molecule has 76 valence electrons. The van der Waals surface area contributed by atoms with Crippen LogP contribution in [0.25, 0.3) is 10.8 Å². The van der Waals surface area contributed by atoms with Crippen molar-refractivity contribution < 1.29 is 4.39 Å². The lowest BCUT2D eigenvalue weighted by molar-refractivity contribution is 0.639. The van der Waals surface area contributed by atoms with E-state index >= 15 is 0 Å². The smallest absolute Gasteiger partial charge is 0.132 e. The van der Waals surface area contributed by atoms with E-state index in [0.717, 1.165) is 5.30 Å². The van der Waals surface area contributed by atoms with Crippen molar-refractivity contribution in [2.45, 2.75) is 0 Å². The second kappa shape index (κ2) is 3.95. The standard InChI is InChI=1S/C10H7BrFN2P/c11-6-4-8(15)10(14-13)5-2-1-3-7(12)9(5)6/h1-4,13H,15H2. The Morgan fingerprint density at radius 2 is 2.13 bits per heavy atom. The van der Waals surface area contributed by atoms with Gasteiger partial charge in [0.15, 0.2) is 0 Å². The van der Waals surface area contributed by atoms with E-state index < -0.39 is 0 Å². The highest BCUT2D eigenvalue weighted by Crippen LogP contribution is 2.33. The summed E-state index contributed by atoms with van der Waals surface area (Å²) in [6.07, 6.45) is 0. The van der Waals surface area contributed by atoms with Crippen molar-refractivity contribution >= 4 is 46.9 Å². The summed E-state index contributed by atoms with van der Waals surface area (Å²) in [6, 6.07) is 6.50. The minimum absolute atomic E-state index is 0.311. The molecule has 5 heteroatoms. The Labute approximate surface area is 96.7 Å². The fourth-order valence-electron chi connectivity index (χ4n) is 1.52. The SMILES string of the molecule is N=Nc1c(P)cc(Br)c2c(F)cccc12. The first kappa shape index (κ1) is 10.7. The van der Waals surface area contributed by atoms with Gasteiger partial charge in [-0.25, -0.2) is 9.92 Å². The zero-order valence-corrected chi connectivity index (χ0v) is 10.3. The molecule has 0 bridgehead atoms. The van der Waals surface area contributed by atoms with Crippen LogP contribution in [-0.4, -0.2) is 0 Å². The van der Waals surface area contributed by atoms with Crippen LogP contribution >= 0.6 is 25.2 Å². The molecule has 0 aromatic heterocycles. The quantitative estimate of drug-likeness (QED) is 0.609. The molecule has 1 unspecified atom stereocenters. The van der Waals surface area contributed by atoms with Crippen LogP contribution < -0.4 is 5.30 Å². The maximum absolute atomic E-state index is 13.6. The zero-order chi connectivity index (χ0) is 11.0. The third kappa shape index (κ3) is 1.68. The number of nitrogens with zero attached hydrogens (tertiary/aromatic N) is 1. The van der Waals surface area contributed by atoms with Crippen molar-refractivity contribution in [2.24, 2.45) is 5.11 Å². The molecule has 1 N–H and O–H groups in total. The molecule has 0 spiro atoms. The Morgan fingerprint density at radius 3 is 2.80 bits per heavy atom. The van der Waals surface area contributed by atoms with Gasteiger partial charge in [-0.05, 0) is 17.4 Å². The highest BCUT2D eigenvalue weighted by molar-refractivity contribution is 9.10. The average Bonchev–Trinajstić information content (AvgIpc) is 2.17. The molecular weight excluding hydrogens is 278 g/mol. The monoisotopic (exact) mass is 284 g/mol. The van der Waals surface area contributed by atoms with Crippen molar-refractivity contribution in [3.63, 3.8) is 0 Å². The van der Waals surface area contributed by atoms with Gasteiger partial charge in [-0.1, -0.05) is 28.1 Å². The van der Waals surface area contributed by atoms with Crippen LogP contribution in [0.2, 0.25) is 0 Å². The van der Waals surface area contributed by atoms with Gasteiger partial charge in [0.1, 0.15) is 11.5 Å². The first-order chi connectivity index (χ1) is 7.15. The molecule has 0 heterocycles. The third-order valence-electron chi connectivity index (χ3n) is 2.18. The van der Waals surface area contributed by atoms with Crippen molar-refractivity contribution in [3.05, 3.63) is 34.6 Å². The molecular formula is C10H7BrFN2P. The molecule has 1 atom stereocenters. The number of benzene rings is 2. The summed E-state index contributed by atoms with van der Waals surface area (Å²) < 4.78 is 14.2. The Hall–Kier alpha value is -0.860. The van der Waals surface area contributed by atoms with Gasteiger partial charge in [-0.2, -0.15) is 5.11 Å². The van der Waals surface area contributed by atoms with Crippen LogP contribution in [0.5, 0.6) is 0 Å².